The summed E-state index contributed by atoms with van der Waals surface area (Å²) in [6.45, 7) is 5.42. The van der Waals surface area contributed by atoms with E-state index in [-0.39, 0.29) is 0 Å². The Morgan fingerprint density at radius 1 is 1.09 bits per heavy atom. The van der Waals surface area contributed by atoms with Gasteiger partial charge in [0.15, 0.2) is 0 Å². The summed E-state index contributed by atoms with van der Waals surface area (Å²) in [6.07, 6.45) is 4.68. The molecule has 3 rings (SSSR count). The van der Waals surface area contributed by atoms with E-state index in [1.807, 2.05) is 24.3 Å². The van der Waals surface area contributed by atoms with E-state index in [4.69, 9.17) is 0 Å². The standard InChI is InChI=1S/C18H25N3O/c19-12-16-6-2-3-7-17(16)13-21-11-8-18(22,15-21)14-20-9-4-1-5-10-20/h2-3,6-7,22H,1,4-5,8-11,13-15H2/t18-/m1/s1. The first-order valence-electron chi connectivity index (χ1n) is 8.34. The van der Waals surface area contributed by atoms with E-state index in [1.54, 1.807) is 0 Å². The summed E-state index contributed by atoms with van der Waals surface area (Å²) >= 11 is 0. The van der Waals surface area contributed by atoms with Crippen molar-refractivity contribution >= 4 is 0 Å². The van der Waals surface area contributed by atoms with Crippen LogP contribution in [0.2, 0.25) is 0 Å². The van der Waals surface area contributed by atoms with Gasteiger partial charge >= 0.3 is 0 Å². The Kier molecular flexibility index (Phi) is 4.77. The number of hydrogen-bond acceptors (Lipinski definition) is 4. The van der Waals surface area contributed by atoms with Crippen molar-refractivity contribution in [1.29, 1.82) is 5.26 Å². The van der Waals surface area contributed by atoms with E-state index in [1.165, 1.54) is 19.3 Å². The number of benzene rings is 1. The van der Waals surface area contributed by atoms with Crippen LogP contribution in [0.3, 0.4) is 0 Å². The predicted molar refractivity (Wildman–Crippen MR) is 86.3 cm³/mol. The van der Waals surface area contributed by atoms with Crippen LogP contribution in [0.5, 0.6) is 0 Å². The van der Waals surface area contributed by atoms with Crippen LogP contribution >= 0.6 is 0 Å². The zero-order valence-electron chi connectivity index (χ0n) is 13.2. The van der Waals surface area contributed by atoms with Crippen LogP contribution in [0.1, 0.15) is 36.8 Å². The number of rotatable bonds is 4. The summed E-state index contributed by atoms with van der Waals surface area (Å²) in [6, 6.07) is 10.0. The van der Waals surface area contributed by atoms with Crippen molar-refractivity contribution in [2.45, 2.75) is 37.8 Å². The van der Waals surface area contributed by atoms with Gasteiger partial charge in [-0.05, 0) is 44.0 Å². The fourth-order valence-electron chi connectivity index (χ4n) is 3.75. The Balaban J connectivity index is 1.58. The molecular weight excluding hydrogens is 274 g/mol. The molecule has 1 aromatic rings. The molecule has 1 atom stereocenters. The second-order valence-electron chi connectivity index (χ2n) is 6.79. The molecule has 118 valence electrons. The van der Waals surface area contributed by atoms with Gasteiger partial charge in [-0.3, -0.25) is 4.90 Å². The zero-order chi connectivity index (χ0) is 15.4. The highest BCUT2D eigenvalue weighted by Gasteiger charge is 2.37. The smallest absolute Gasteiger partial charge is 0.0995 e. The molecule has 2 aliphatic rings. The van der Waals surface area contributed by atoms with Gasteiger partial charge in [0.2, 0.25) is 0 Å². The molecule has 0 aliphatic carbocycles. The van der Waals surface area contributed by atoms with Crippen molar-refractivity contribution in [2.24, 2.45) is 0 Å². The first kappa shape index (κ1) is 15.5. The van der Waals surface area contributed by atoms with Gasteiger partial charge in [-0.1, -0.05) is 24.6 Å². The summed E-state index contributed by atoms with van der Waals surface area (Å²) in [7, 11) is 0. The molecular formula is C18H25N3O. The fourth-order valence-corrected chi connectivity index (χ4v) is 3.75. The van der Waals surface area contributed by atoms with Gasteiger partial charge < -0.3 is 10.0 Å². The number of likely N-dealkylation sites (tertiary alicyclic amines) is 2. The van der Waals surface area contributed by atoms with Crippen LogP contribution in [-0.2, 0) is 6.54 Å². The molecule has 22 heavy (non-hydrogen) atoms. The third-order valence-electron chi connectivity index (χ3n) is 4.91. The number of nitrogens with zero attached hydrogens (tertiary/aromatic N) is 3. The minimum absolute atomic E-state index is 0.584. The van der Waals surface area contributed by atoms with E-state index < -0.39 is 5.60 Å². The molecule has 0 unspecified atom stereocenters. The number of piperidine rings is 1. The average molecular weight is 299 g/mol. The molecule has 1 aromatic carbocycles. The summed E-state index contributed by atoms with van der Waals surface area (Å²) in [5.41, 5.74) is 1.22. The third kappa shape index (κ3) is 3.67. The summed E-state index contributed by atoms with van der Waals surface area (Å²) in [5, 5.41) is 20.1. The highest BCUT2D eigenvalue weighted by Crippen LogP contribution is 2.26. The SMILES string of the molecule is N#Cc1ccccc1CN1CC[C@@](O)(CN2CCCCC2)C1. The van der Waals surface area contributed by atoms with Gasteiger partial charge in [0.05, 0.1) is 17.2 Å². The van der Waals surface area contributed by atoms with Gasteiger partial charge in [0.1, 0.15) is 0 Å². The molecule has 0 bridgehead atoms. The Morgan fingerprint density at radius 3 is 2.64 bits per heavy atom. The van der Waals surface area contributed by atoms with Crippen LogP contribution in [-0.4, -0.2) is 53.2 Å². The maximum Gasteiger partial charge on any atom is 0.0995 e. The monoisotopic (exact) mass is 299 g/mol. The fraction of sp³-hybridized carbons (Fsp3) is 0.611. The van der Waals surface area contributed by atoms with Gasteiger partial charge in [0, 0.05) is 26.2 Å². The van der Waals surface area contributed by atoms with Crippen LogP contribution < -0.4 is 0 Å². The zero-order valence-corrected chi connectivity index (χ0v) is 13.2. The Bertz CT molecular complexity index is 548. The van der Waals surface area contributed by atoms with Gasteiger partial charge in [0.25, 0.3) is 0 Å². The van der Waals surface area contributed by atoms with Gasteiger partial charge in [-0.15, -0.1) is 0 Å². The van der Waals surface area contributed by atoms with Crippen LogP contribution in [0, 0.1) is 11.3 Å². The lowest BCUT2D eigenvalue weighted by Crippen LogP contribution is -2.46. The van der Waals surface area contributed by atoms with E-state index >= 15 is 0 Å². The summed E-state index contributed by atoms with van der Waals surface area (Å²) in [4.78, 5) is 4.69. The van der Waals surface area contributed by atoms with Crippen LogP contribution in [0.4, 0.5) is 0 Å². The largest absolute Gasteiger partial charge is 0.387 e. The quantitative estimate of drug-likeness (QED) is 0.923. The van der Waals surface area contributed by atoms with E-state index in [0.29, 0.717) is 6.54 Å². The highest BCUT2D eigenvalue weighted by atomic mass is 16.3. The topological polar surface area (TPSA) is 50.5 Å². The molecule has 1 N–H and O–H groups in total. The van der Waals surface area contributed by atoms with Crippen molar-refractivity contribution < 1.29 is 5.11 Å². The van der Waals surface area contributed by atoms with Crippen molar-refractivity contribution in [2.75, 3.05) is 32.7 Å². The molecule has 2 heterocycles. The maximum atomic E-state index is 10.9. The van der Waals surface area contributed by atoms with Crippen LogP contribution in [0.25, 0.3) is 0 Å². The predicted octanol–water partition coefficient (Wildman–Crippen LogP) is 1.98. The lowest BCUT2D eigenvalue weighted by atomic mass is 10.0. The molecule has 2 fully saturated rings. The first-order chi connectivity index (χ1) is 10.7. The van der Waals surface area contributed by atoms with Gasteiger partial charge in [-0.2, -0.15) is 5.26 Å². The molecule has 2 saturated heterocycles. The minimum atomic E-state index is -0.584. The van der Waals surface area contributed by atoms with Crippen molar-refractivity contribution in [1.82, 2.24) is 9.80 Å². The van der Waals surface area contributed by atoms with E-state index in [9.17, 15) is 10.4 Å². The van der Waals surface area contributed by atoms with Crippen LogP contribution in [0.15, 0.2) is 24.3 Å². The van der Waals surface area contributed by atoms with Crippen molar-refractivity contribution in [3.63, 3.8) is 0 Å². The molecule has 0 spiro atoms. The normalized spacial score (nSPS) is 26.9. The van der Waals surface area contributed by atoms with Gasteiger partial charge in [-0.25, -0.2) is 0 Å². The van der Waals surface area contributed by atoms with E-state index in [2.05, 4.69) is 15.9 Å². The Morgan fingerprint density at radius 2 is 1.86 bits per heavy atom. The Hall–Kier alpha value is -1.41. The third-order valence-corrected chi connectivity index (χ3v) is 4.91. The number of hydrogen-bond donors (Lipinski definition) is 1. The van der Waals surface area contributed by atoms with E-state index in [0.717, 1.165) is 50.3 Å². The number of β-amino-alcohol motifs (C(OH)–C–C–N with tert-alkyl or cyclic N) is 1. The molecule has 0 amide bonds. The Labute approximate surface area is 133 Å². The maximum absolute atomic E-state index is 10.9. The molecule has 2 aliphatic heterocycles. The first-order valence-corrected chi connectivity index (χ1v) is 8.34. The molecule has 0 saturated carbocycles. The molecule has 4 heteroatoms. The average Bonchev–Trinajstić information content (AvgIpc) is 2.89. The van der Waals surface area contributed by atoms with Crippen molar-refractivity contribution in [3.05, 3.63) is 35.4 Å². The number of nitriles is 1. The molecule has 0 radical (unpaired) electrons. The second-order valence-corrected chi connectivity index (χ2v) is 6.79. The number of aliphatic hydroxyl groups is 1. The summed E-state index contributed by atoms with van der Waals surface area (Å²) < 4.78 is 0. The van der Waals surface area contributed by atoms with Crippen molar-refractivity contribution in [3.8, 4) is 6.07 Å². The lowest BCUT2D eigenvalue weighted by molar-refractivity contribution is 0.00634. The lowest BCUT2D eigenvalue weighted by Gasteiger charge is -2.33. The summed E-state index contributed by atoms with van der Waals surface area (Å²) in [5.74, 6) is 0. The highest BCUT2D eigenvalue weighted by molar-refractivity contribution is 5.37. The molecule has 4 nitrogen and oxygen atoms in total. The molecule has 0 aromatic heterocycles. The minimum Gasteiger partial charge on any atom is -0.387 e. The second kappa shape index (κ2) is 6.78.